The van der Waals surface area contributed by atoms with Gasteiger partial charge >= 0.3 is 0 Å². The molecule has 2 heterocycles. The van der Waals surface area contributed by atoms with Crippen molar-refractivity contribution in [3.05, 3.63) is 65.5 Å². The Kier molecular flexibility index (Phi) is 6.51. The molecule has 1 amide bonds. The lowest BCUT2D eigenvalue weighted by molar-refractivity contribution is -0.123. The molecule has 3 aromatic rings. The van der Waals surface area contributed by atoms with Crippen LogP contribution in [0.2, 0.25) is 0 Å². The van der Waals surface area contributed by atoms with Crippen LogP contribution < -0.4 is 5.32 Å². The van der Waals surface area contributed by atoms with Crippen LogP contribution >= 0.6 is 0 Å². The monoisotopic (exact) mass is 396 g/mol. The molecule has 1 aliphatic heterocycles. The quantitative estimate of drug-likeness (QED) is 0.630. The molecule has 0 saturated carbocycles. The topological polar surface area (TPSA) is 82.8 Å². The number of nitrogens with one attached hydrogen (secondary N) is 1. The highest BCUT2D eigenvalue weighted by atomic mass is 16.6. The third kappa shape index (κ3) is 5.63. The van der Waals surface area contributed by atoms with Gasteiger partial charge in [0.15, 0.2) is 5.76 Å². The Morgan fingerprint density at radius 2 is 2.00 bits per heavy atom. The number of rotatable bonds is 8. The first-order valence-electron chi connectivity index (χ1n) is 9.72. The van der Waals surface area contributed by atoms with Crippen LogP contribution in [0.1, 0.15) is 17.0 Å². The molecule has 0 radical (unpaired) electrons. The summed E-state index contributed by atoms with van der Waals surface area (Å²) in [5, 5.41) is 9.17. The zero-order chi connectivity index (χ0) is 19.9. The lowest BCUT2D eigenvalue weighted by Gasteiger charge is -2.22. The van der Waals surface area contributed by atoms with Gasteiger partial charge in [0.25, 0.3) is 0 Å². The highest BCUT2D eigenvalue weighted by Gasteiger charge is 2.16. The van der Waals surface area contributed by atoms with Crippen LogP contribution in [0.3, 0.4) is 0 Å². The predicted octanol–water partition coefficient (Wildman–Crippen LogP) is 2.62. The highest BCUT2D eigenvalue weighted by molar-refractivity contribution is 5.83. The van der Waals surface area contributed by atoms with Crippen molar-refractivity contribution in [2.75, 3.05) is 26.4 Å². The second-order valence-corrected chi connectivity index (χ2v) is 7.01. The van der Waals surface area contributed by atoms with Crippen molar-refractivity contribution in [3.63, 3.8) is 0 Å². The number of nitrogens with zero attached hydrogens (tertiary/aromatic N) is 1. The molecule has 0 spiro atoms. The van der Waals surface area contributed by atoms with Crippen LogP contribution in [0.15, 0.2) is 53.1 Å². The summed E-state index contributed by atoms with van der Waals surface area (Å²) in [6, 6.07) is 16.2. The largest absolute Gasteiger partial charge is 0.376 e. The van der Waals surface area contributed by atoms with Gasteiger partial charge in [-0.05, 0) is 22.4 Å². The lowest BCUT2D eigenvalue weighted by atomic mass is 10.1. The zero-order valence-electron chi connectivity index (χ0n) is 16.1. The Hall–Kier alpha value is -2.74. The SMILES string of the molecule is O=C(Cc1cc(COCc2ccc3ccccc3c2)on1)NCC1COCCO1. The zero-order valence-corrected chi connectivity index (χ0v) is 16.1. The van der Waals surface area contributed by atoms with E-state index in [-0.39, 0.29) is 18.4 Å². The molecule has 1 unspecified atom stereocenters. The smallest absolute Gasteiger partial charge is 0.226 e. The molecule has 1 N–H and O–H groups in total. The summed E-state index contributed by atoms with van der Waals surface area (Å²) in [6.45, 7) is 2.88. The Balaban J connectivity index is 1.20. The molecule has 0 bridgehead atoms. The molecule has 29 heavy (non-hydrogen) atoms. The van der Waals surface area contributed by atoms with Gasteiger partial charge in [0.1, 0.15) is 6.61 Å². The summed E-state index contributed by atoms with van der Waals surface area (Å²) in [5.74, 6) is 0.466. The number of hydrogen-bond donors (Lipinski definition) is 1. The molecule has 2 aromatic carbocycles. The van der Waals surface area contributed by atoms with Gasteiger partial charge in [0.05, 0.1) is 44.6 Å². The standard InChI is InChI=1S/C22H24N2O5/c25-22(23-12-21-15-26-7-8-28-21)11-19-10-20(29-24-19)14-27-13-16-5-6-17-3-1-2-4-18(17)9-16/h1-6,9-10,21H,7-8,11-15H2,(H,23,25). The molecular formula is C22H24N2O5. The molecular weight excluding hydrogens is 372 g/mol. The van der Waals surface area contributed by atoms with Crippen molar-refractivity contribution >= 4 is 16.7 Å². The number of amides is 1. The van der Waals surface area contributed by atoms with E-state index < -0.39 is 0 Å². The van der Waals surface area contributed by atoms with Gasteiger partial charge in [-0.15, -0.1) is 0 Å². The van der Waals surface area contributed by atoms with E-state index in [9.17, 15) is 4.79 Å². The Morgan fingerprint density at radius 3 is 2.86 bits per heavy atom. The van der Waals surface area contributed by atoms with Crippen LogP contribution in [0, 0.1) is 0 Å². The van der Waals surface area contributed by atoms with Crippen molar-refractivity contribution < 1.29 is 23.5 Å². The van der Waals surface area contributed by atoms with Gasteiger partial charge in [0, 0.05) is 12.6 Å². The third-order valence-electron chi connectivity index (χ3n) is 4.69. The van der Waals surface area contributed by atoms with Crippen LogP contribution in [-0.2, 0) is 38.6 Å². The second-order valence-electron chi connectivity index (χ2n) is 7.01. The Bertz CT molecular complexity index is 949. The van der Waals surface area contributed by atoms with E-state index in [0.717, 1.165) is 5.56 Å². The van der Waals surface area contributed by atoms with Gasteiger partial charge in [-0.1, -0.05) is 41.6 Å². The number of carbonyl (C=O) groups excluding carboxylic acids is 1. The minimum atomic E-state index is -0.129. The number of fused-ring (bicyclic) bond motifs is 1. The summed E-state index contributed by atoms with van der Waals surface area (Å²) in [7, 11) is 0. The molecule has 1 saturated heterocycles. The van der Waals surface area contributed by atoms with E-state index in [0.29, 0.717) is 51.0 Å². The average Bonchev–Trinajstić information content (AvgIpc) is 3.20. The maximum absolute atomic E-state index is 12.1. The first-order chi connectivity index (χ1) is 14.3. The summed E-state index contributed by atoms with van der Waals surface area (Å²) in [5.41, 5.74) is 1.67. The van der Waals surface area contributed by atoms with Gasteiger partial charge < -0.3 is 24.1 Å². The van der Waals surface area contributed by atoms with Crippen molar-refractivity contribution in [2.45, 2.75) is 25.7 Å². The minimum absolute atomic E-state index is 0.0934. The van der Waals surface area contributed by atoms with E-state index in [1.165, 1.54) is 10.8 Å². The molecule has 7 nitrogen and oxygen atoms in total. The normalized spacial score (nSPS) is 16.8. The molecule has 1 aliphatic rings. The van der Waals surface area contributed by atoms with Gasteiger partial charge in [-0.25, -0.2) is 0 Å². The van der Waals surface area contributed by atoms with E-state index in [1.54, 1.807) is 6.07 Å². The van der Waals surface area contributed by atoms with Crippen LogP contribution in [0.4, 0.5) is 0 Å². The Morgan fingerprint density at radius 1 is 1.10 bits per heavy atom. The summed E-state index contributed by atoms with van der Waals surface area (Å²) < 4.78 is 21.8. The van der Waals surface area contributed by atoms with E-state index in [2.05, 4.69) is 40.8 Å². The first kappa shape index (κ1) is 19.6. The summed E-state index contributed by atoms with van der Waals surface area (Å²) >= 11 is 0. The molecule has 1 atom stereocenters. The predicted molar refractivity (Wildman–Crippen MR) is 106 cm³/mol. The van der Waals surface area contributed by atoms with Gasteiger partial charge in [-0.3, -0.25) is 4.79 Å². The maximum atomic E-state index is 12.1. The number of hydrogen-bond acceptors (Lipinski definition) is 6. The van der Waals surface area contributed by atoms with E-state index in [4.69, 9.17) is 18.7 Å². The lowest BCUT2D eigenvalue weighted by Crippen LogP contribution is -2.40. The van der Waals surface area contributed by atoms with Crippen molar-refractivity contribution in [1.82, 2.24) is 10.5 Å². The number of benzene rings is 2. The van der Waals surface area contributed by atoms with E-state index >= 15 is 0 Å². The molecule has 0 aliphatic carbocycles. The van der Waals surface area contributed by atoms with Crippen molar-refractivity contribution in [3.8, 4) is 0 Å². The van der Waals surface area contributed by atoms with Crippen LogP contribution in [0.25, 0.3) is 10.8 Å². The molecule has 1 aromatic heterocycles. The molecule has 4 rings (SSSR count). The van der Waals surface area contributed by atoms with Gasteiger partial charge in [0.2, 0.25) is 5.91 Å². The highest BCUT2D eigenvalue weighted by Crippen LogP contribution is 2.17. The molecule has 1 fully saturated rings. The van der Waals surface area contributed by atoms with Crippen molar-refractivity contribution in [2.24, 2.45) is 0 Å². The third-order valence-corrected chi connectivity index (χ3v) is 4.69. The molecule has 152 valence electrons. The van der Waals surface area contributed by atoms with Crippen LogP contribution in [0.5, 0.6) is 0 Å². The van der Waals surface area contributed by atoms with Crippen LogP contribution in [-0.4, -0.2) is 43.5 Å². The number of carbonyl (C=O) groups is 1. The first-order valence-corrected chi connectivity index (χ1v) is 9.72. The fourth-order valence-electron chi connectivity index (χ4n) is 3.21. The minimum Gasteiger partial charge on any atom is -0.376 e. The van der Waals surface area contributed by atoms with E-state index in [1.807, 2.05) is 12.1 Å². The summed E-state index contributed by atoms with van der Waals surface area (Å²) in [6.07, 6.45) is 0.0611. The second kappa shape index (κ2) is 9.65. The molecule has 7 heteroatoms. The maximum Gasteiger partial charge on any atom is 0.226 e. The Labute approximate surface area is 168 Å². The fraction of sp³-hybridized carbons (Fsp3) is 0.364. The van der Waals surface area contributed by atoms with Gasteiger partial charge in [-0.2, -0.15) is 0 Å². The van der Waals surface area contributed by atoms with Crippen molar-refractivity contribution in [1.29, 1.82) is 0 Å². The number of ether oxygens (including phenoxy) is 3. The number of aromatic nitrogens is 1. The fourth-order valence-corrected chi connectivity index (χ4v) is 3.21. The summed E-state index contributed by atoms with van der Waals surface area (Å²) in [4.78, 5) is 12.1. The average molecular weight is 396 g/mol.